The van der Waals surface area contributed by atoms with Crippen LogP contribution in [0.15, 0.2) is 12.4 Å². The molecule has 1 aliphatic rings. The Morgan fingerprint density at radius 3 is 2.50 bits per heavy atom. The summed E-state index contributed by atoms with van der Waals surface area (Å²) < 4.78 is 5.47. The number of methoxy groups -OCH3 is 1. The summed E-state index contributed by atoms with van der Waals surface area (Å²) in [6.45, 7) is 3.78. The largest absolute Gasteiger partial charge is 0.476 e. The molecule has 1 aromatic rings. The van der Waals surface area contributed by atoms with Crippen LogP contribution in [0.3, 0.4) is 0 Å². The molecule has 1 N–H and O–H groups in total. The first-order chi connectivity index (χ1) is 8.54. The van der Waals surface area contributed by atoms with E-state index in [9.17, 15) is 4.79 Å². The highest BCUT2D eigenvalue weighted by Crippen LogP contribution is 2.27. The van der Waals surface area contributed by atoms with Gasteiger partial charge in [0.25, 0.3) is 0 Å². The lowest BCUT2D eigenvalue weighted by molar-refractivity contribution is -0.0133. The molecular weight excluding hydrogens is 234 g/mol. The fraction of sp³-hybridized carbons (Fsp3) is 0.583. The molecule has 2 rings (SSSR count). The summed E-state index contributed by atoms with van der Waals surface area (Å²) in [7, 11) is 1.73. The predicted octanol–water partition coefficient (Wildman–Crippen LogP) is 1.18. The number of hydrogen-bond donors (Lipinski definition) is 1. The van der Waals surface area contributed by atoms with Crippen molar-refractivity contribution in [3.8, 4) is 0 Å². The minimum absolute atomic E-state index is 0.0301. The van der Waals surface area contributed by atoms with Gasteiger partial charge in [-0.15, -0.1) is 0 Å². The van der Waals surface area contributed by atoms with Crippen LogP contribution in [0.25, 0.3) is 0 Å². The Morgan fingerprint density at radius 1 is 1.39 bits per heavy atom. The number of rotatable bonds is 3. The van der Waals surface area contributed by atoms with Crippen molar-refractivity contribution in [2.45, 2.75) is 25.4 Å². The Hall–Kier alpha value is -1.69. The maximum Gasteiger partial charge on any atom is 0.356 e. The van der Waals surface area contributed by atoms with E-state index in [0.29, 0.717) is 0 Å². The molecule has 6 nitrogen and oxygen atoms in total. The second kappa shape index (κ2) is 4.89. The lowest BCUT2D eigenvalue weighted by Gasteiger charge is -2.38. The summed E-state index contributed by atoms with van der Waals surface area (Å²) in [5, 5.41) is 8.75. The van der Waals surface area contributed by atoms with Crippen molar-refractivity contribution in [1.82, 2.24) is 9.97 Å². The molecule has 0 saturated carbocycles. The van der Waals surface area contributed by atoms with Gasteiger partial charge in [0.05, 0.1) is 18.0 Å². The van der Waals surface area contributed by atoms with Crippen molar-refractivity contribution in [1.29, 1.82) is 0 Å². The molecule has 0 radical (unpaired) electrons. The molecule has 0 unspecified atom stereocenters. The molecule has 0 aromatic carbocycles. The highest BCUT2D eigenvalue weighted by Gasteiger charge is 2.30. The Balaban J connectivity index is 2.03. The van der Waals surface area contributed by atoms with Gasteiger partial charge in [0, 0.05) is 20.2 Å². The van der Waals surface area contributed by atoms with E-state index in [0.717, 1.165) is 31.7 Å². The maximum atomic E-state index is 10.7. The van der Waals surface area contributed by atoms with E-state index in [2.05, 4.69) is 21.8 Å². The fourth-order valence-corrected chi connectivity index (χ4v) is 2.01. The molecule has 0 bridgehead atoms. The molecule has 1 fully saturated rings. The molecular formula is C12H17N3O3. The Morgan fingerprint density at radius 2 is 2.06 bits per heavy atom. The molecule has 0 spiro atoms. The number of carboxylic acids is 1. The van der Waals surface area contributed by atoms with Crippen LogP contribution < -0.4 is 4.90 Å². The van der Waals surface area contributed by atoms with Gasteiger partial charge >= 0.3 is 5.97 Å². The normalized spacial score (nSPS) is 18.7. The van der Waals surface area contributed by atoms with E-state index in [-0.39, 0.29) is 11.3 Å². The van der Waals surface area contributed by atoms with Gasteiger partial charge < -0.3 is 14.7 Å². The number of piperidine rings is 1. The topological polar surface area (TPSA) is 75.5 Å². The van der Waals surface area contributed by atoms with Crippen LogP contribution in [-0.4, -0.2) is 46.8 Å². The number of ether oxygens (including phenoxy) is 1. The van der Waals surface area contributed by atoms with E-state index in [4.69, 9.17) is 9.84 Å². The Kier molecular flexibility index (Phi) is 3.47. The first-order valence-electron chi connectivity index (χ1n) is 5.89. The van der Waals surface area contributed by atoms with Crippen LogP contribution in [0, 0.1) is 0 Å². The molecule has 1 aromatic heterocycles. The zero-order valence-corrected chi connectivity index (χ0v) is 10.6. The molecule has 0 aliphatic carbocycles. The highest BCUT2D eigenvalue weighted by atomic mass is 16.5. The Bertz CT molecular complexity index is 425. The van der Waals surface area contributed by atoms with E-state index < -0.39 is 5.97 Å². The summed E-state index contributed by atoms with van der Waals surface area (Å²) in [4.78, 5) is 20.8. The van der Waals surface area contributed by atoms with Crippen LogP contribution in [0.5, 0.6) is 0 Å². The van der Waals surface area contributed by atoms with Crippen molar-refractivity contribution in [3.05, 3.63) is 18.1 Å². The lowest BCUT2D eigenvalue weighted by atomic mass is 9.93. The summed E-state index contributed by atoms with van der Waals surface area (Å²) in [5.41, 5.74) is -0.0947. The van der Waals surface area contributed by atoms with E-state index in [1.807, 2.05) is 0 Å². The first-order valence-corrected chi connectivity index (χ1v) is 5.89. The van der Waals surface area contributed by atoms with E-state index in [1.54, 1.807) is 7.11 Å². The van der Waals surface area contributed by atoms with Crippen LogP contribution >= 0.6 is 0 Å². The van der Waals surface area contributed by atoms with Gasteiger partial charge in [-0.25, -0.2) is 14.8 Å². The zero-order chi connectivity index (χ0) is 13.2. The summed E-state index contributed by atoms with van der Waals surface area (Å²) in [6.07, 6.45) is 4.65. The quantitative estimate of drug-likeness (QED) is 0.869. The van der Waals surface area contributed by atoms with Crippen LogP contribution in [0.1, 0.15) is 30.3 Å². The molecule has 6 heteroatoms. The summed E-state index contributed by atoms with van der Waals surface area (Å²) in [6, 6.07) is 0. The molecule has 0 atom stereocenters. The minimum Gasteiger partial charge on any atom is -0.476 e. The number of hydrogen-bond acceptors (Lipinski definition) is 5. The first kappa shape index (κ1) is 12.8. The second-order valence-corrected chi connectivity index (χ2v) is 4.71. The Labute approximate surface area is 106 Å². The average Bonchev–Trinajstić information content (AvgIpc) is 2.40. The van der Waals surface area contributed by atoms with Gasteiger partial charge in [-0.2, -0.15) is 0 Å². The van der Waals surface area contributed by atoms with Gasteiger partial charge in [0.2, 0.25) is 0 Å². The molecule has 2 heterocycles. The summed E-state index contributed by atoms with van der Waals surface area (Å²) in [5.74, 6) is -0.335. The standard InChI is InChI=1S/C12H17N3O3/c1-12(18-2)3-5-15(6-4-12)10-8-13-9(7-14-10)11(16)17/h7-8H,3-6H2,1-2H3,(H,16,17). The number of carboxylic acid groups (broad SMARTS) is 1. The monoisotopic (exact) mass is 251 g/mol. The number of aromatic carboxylic acids is 1. The van der Waals surface area contributed by atoms with Crippen LogP contribution in [-0.2, 0) is 4.74 Å². The van der Waals surface area contributed by atoms with E-state index >= 15 is 0 Å². The fourth-order valence-electron chi connectivity index (χ4n) is 2.01. The third kappa shape index (κ3) is 2.59. The third-order valence-corrected chi connectivity index (χ3v) is 3.50. The molecule has 1 aliphatic heterocycles. The zero-order valence-electron chi connectivity index (χ0n) is 10.6. The van der Waals surface area contributed by atoms with Gasteiger partial charge in [-0.05, 0) is 19.8 Å². The molecule has 1 saturated heterocycles. The van der Waals surface area contributed by atoms with Crippen molar-refractivity contribution >= 4 is 11.8 Å². The van der Waals surface area contributed by atoms with Gasteiger partial charge in [-0.3, -0.25) is 0 Å². The molecule has 98 valence electrons. The van der Waals surface area contributed by atoms with Crippen molar-refractivity contribution in [2.75, 3.05) is 25.1 Å². The van der Waals surface area contributed by atoms with E-state index in [1.165, 1.54) is 12.4 Å². The number of anilines is 1. The SMILES string of the molecule is COC1(C)CCN(c2cnc(C(=O)O)cn2)CC1. The summed E-state index contributed by atoms with van der Waals surface area (Å²) >= 11 is 0. The molecule has 18 heavy (non-hydrogen) atoms. The maximum absolute atomic E-state index is 10.7. The van der Waals surface area contributed by atoms with Crippen molar-refractivity contribution in [3.63, 3.8) is 0 Å². The minimum atomic E-state index is -1.06. The van der Waals surface area contributed by atoms with Gasteiger partial charge in [0.15, 0.2) is 5.69 Å². The number of aromatic nitrogens is 2. The van der Waals surface area contributed by atoms with Crippen molar-refractivity contribution < 1.29 is 14.6 Å². The van der Waals surface area contributed by atoms with Crippen molar-refractivity contribution in [2.24, 2.45) is 0 Å². The van der Waals surface area contributed by atoms with Gasteiger partial charge in [0.1, 0.15) is 5.82 Å². The van der Waals surface area contributed by atoms with Crippen LogP contribution in [0.4, 0.5) is 5.82 Å². The van der Waals surface area contributed by atoms with Crippen LogP contribution in [0.2, 0.25) is 0 Å². The highest BCUT2D eigenvalue weighted by molar-refractivity contribution is 5.84. The number of carbonyl (C=O) groups is 1. The average molecular weight is 251 g/mol. The number of nitrogens with zero attached hydrogens (tertiary/aromatic N) is 3. The lowest BCUT2D eigenvalue weighted by Crippen LogP contribution is -2.44. The second-order valence-electron chi connectivity index (χ2n) is 4.71. The third-order valence-electron chi connectivity index (χ3n) is 3.50. The predicted molar refractivity (Wildman–Crippen MR) is 65.9 cm³/mol. The smallest absolute Gasteiger partial charge is 0.356 e. The van der Waals surface area contributed by atoms with Gasteiger partial charge in [-0.1, -0.05) is 0 Å². The molecule has 0 amide bonds.